The molecule has 0 bridgehead atoms. The number of hydrogen-bond acceptors (Lipinski definition) is 6. The maximum atomic E-state index is 13.5. The second-order valence-electron chi connectivity index (χ2n) is 12.0. The highest BCUT2D eigenvalue weighted by atomic mass is 16.3. The molecule has 0 spiro atoms. The van der Waals surface area contributed by atoms with E-state index in [1.165, 1.54) is 0 Å². The fraction of sp³-hybridized carbons (Fsp3) is 0.200. The van der Waals surface area contributed by atoms with Gasteiger partial charge in [0.05, 0.1) is 11.4 Å². The van der Waals surface area contributed by atoms with Gasteiger partial charge in [0.25, 0.3) is 0 Å². The standard InChI is InChI=1S/C40H36N2O4/c1-3-5-23-41-29-13-9-7-11-25(29)19-21-31(41)35-37(43)33(38(35)44)27-15-17-28(18-16-27)34-39(45)36(40(34)46)32-22-20-26-12-8-10-14-30(26)42(32)24-6-4-2/h7-22,43,45H,3-6,23-24H2,1-2H3/p-2. The third kappa shape index (κ3) is 4.64. The number of allylic oxidation sites excluding steroid dienone is 6. The van der Waals surface area contributed by atoms with Crippen molar-refractivity contribution in [3.8, 4) is 0 Å². The van der Waals surface area contributed by atoms with Crippen molar-refractivity contribution in [2.45, 2.75) is 39.5 Å². The SMILES string of the molecule is CCCCN1C(=C2C(=O)C(c3ccc(C4=C([O-])C(=C5C=Cc6ccccc6N5CCCC)C4=O)cc3)=C2[O-])C=Cc2ccccc21. The number of fused-ring (bicyclic) bond motifs is 2. The molecule has 3 aromatic rings. The normalized spacial score (nSPS) is 20.2. The van der Waals surface area contributed by atoms with Crippen LogP contribution in [0.5, 0.6) is 0 Å². The minimum absolute atomic E-state index is 0.133. The van der Waals surface area contributed by atoms with Crippen LogP contribution >= 0.6 is 0 Å². The number of carbonyl (C=O) groups excluding carboxylic acids is 2. The van der Waals surface area contributed by atoms with Gasteiger partial charge < -0.3 is 20.0 Å². The first-order chi connectivity index (χ1) is 22.4. The van der Waals surface area contributed by atoms with E-state index >= 15 is 0 Å². The quantitative estimate of drug-likeness (QED) is 0.285. The van der Waals surface area contributed by atoms with Crippen LogP contribution in [-0.4, -0.2) is 24.7 Å². The summed E-state index contributed by atoms with van der Waals surface area (Å²) in [4.78, 5) is 31.1. The third-order valence-corrected chi connectivity index (χ3v) is 9.14. The molecular formula is C40H34N2O4-2. The van der Waals surface area contributed by atoms with Crippen molar-refractivity contribution >= 4 is 46.2 Å². The van der Waals surface area contributed by atoms with Crippen LogP contribution < -0.4 is 20.0 Å². The van der Waals surface area contributed by atoms with Gasteiger partial charge in [-0.05, 0) is 59.4 Å². The summed E-state index contributed by atoms with van der Waals surface area (Å²) in [6.45, 7) is 5.64. The molecule has 2 aliphatic carbocycles. The number of nitrogens with zero attached hydrogens (tertiary/aromatic N) is 2. The average molecular weight is 607 g/mol. The van der Waals surface area contributed by atoms with Crippen LogP contribution in [-0.2, 0) is 9.59 Å². The number of benzene rings is 3. The summed E-state index contributed by atoms with van der Waals surface area (Å²) in [7, 11) is 0. The van der Waals surface area contributed by atoms with Gasteiger partial charge in [0, 0.05) is 46.8 Å². The van der Waals surface area contributed by atoms with Crippen LogP contribution in [0.15, 0.2) is 119 Å². The molecule has 230 valence electrons. The van der Waals surface area contributed by atoms with Crippen molar-refractivity contribution in [1.82, 2.24) is 0 Å². The van der Waals surface area contributed by atoms with Gasteiger partial charge in [-0.2, -0.15) is 0 Å². The molecule has 6 nitrogen and oxygen atoms in total. The summed E-state index contributed by atoms with van der Waals surface area (Å²) in [6, 6.07) is 22.6. The molecule has 3 aromatic carbocycles. The van der Waals surface area contributed by atoms with Crippen LogP contribution in [0.1, 0.15) is 61.8 Å². The van der Waals surface area contributed by atoms with Crippen molar-refractivity contribution in [2.75, 3.05) is 22.9 Å². The Labute approximate surface area is 269 Å². The molecular weight excluding hydrogens is 572 g/mol. The van der Waals surface area contributed by atoms with Crippen molar-refractivity contribution in [1.29, 1.82) is 0 Å². The summed E-state index contributed by atoms with van der Waals surface area (Å²) in [5.41, 5.74) is 6.99. The molecule has 0 fully saturated rings. The van der Waals surface area contributed by atoms with Crippen molar-refractivity contribution < 1.29 is 19.8 Å². The Kier molecular flexibility index (Phi) is 7.57. The number of rotatable bonds is 8. The summed E-state index contributed by atoms with van der Waals surface area (Å²) in [5.74, 6) is -1.15. The molecule has 0 N–H and O–H groups in total. The topological polar surface area (TPSA) is 86.7 Å². The first-order valence-electron chi connectivity index (χ1n) is 16.1. The predicted octanol–water partition coefficient (Wildman–Crippen LogP) is 6.17. The largest absolute Gasteiger partial charge is 0.871 e. The minimum atomic E-state index is -0.287. The van der Waals surface area contributed by atoms with Gasteiger partial charge in [-0.3, -0.25) is 9.59 Å². The van der Waals surface area contributed by atoms with Gasteiger partial charge in [-0.1, -0.05) is 111 Å². The Bertz CT molecular complexity index is 1830. The van der Waals surface area contributed by atoms with Crippen LogP contribution in [0.25, 0.3) is 23.3 Å². The number of para-hydroxylation sites is 2. The van der Waals surface area contributed by atoms with Crippen LogP contribution in [0.2, 0.25) is 0 Å². The van der Waals surface area contributed by atoms with Gasteiger partial charge in [0.1, 0.15) is 0 Å². The molecule has 0 saturated heterocycles. The Morgan fingerprint density at radius 2 is 0.913 bits per heavy atom. The Hall–Kier alpha value is -5.36. The Morgan fingerprint density at radius 1 is 0.522 bits per heavy atom. The van der Waals surface area contributed by atoms with Gasteiger partial charge >= 0.3 is 0 Å². The molecule has 46 heavy (non-hydrogen) atoms. The number of hydrogen-bond donors (Lipinski definition) is 0. The number of unbranched alkanes of at least 4 members (excludes halogenated alkanes) is 2. The number of anilines is 2. The Morgan fingerprint density at radius 3 is 1.28 bits per heavy atom. The van der Waals surface area contributed by atoms with E-state index in [2.05, 4.69) is 23.6 Å². The third-order valence-electron chi connectivity index (χ3n) is 9.14. The van der Waals surface area contributed by atoms with E-state index in [9.17, 15) is 19.8 Å². The lowest BCUT2D eigenvalue weighted by molar-refractivity contribution is -0.298. The molecule has 0 amide bonds. The van der Waals surface area contributed by atoms with Crippen LogP contribution in [0.4, 0.5) is 11.4 Å². The molecule has 2 aliphatic heterocycles. The molecule has 0 unspecified atom stereocenters. The predicted molar refractivity (Wildman–Crippen MR) is 180 cm³/mol. The highest BCUT2D eigenvalue weighted by molar-refractivity contribution is 6.40. The van der Waals surface area contributed by atoms with Gasteiger partial charge in [0.15, 0.2) is 11.6 Å². The lowest BCUT2D eigenvalue weighted by atomic mass is 9.79. The zero-order valence-electron chi connectivity index (χ0n) is 26.0. The molecule has 0 radical (unpaired) electrons. The Balaban J connectivity index is 1.19. The van der Waals surface area contributed by atoms with Crippen LogP contribution in [0, 0.1) is 0 Å². The zero-order chi connectivity index (χ0) is 31.9. The first kappa shape index (κ1) is 29.4. The maximum Gasteiger partial charge on any atom is 0.194 e. The fourth-order valence-corrected chi connectivity index (χ4v) is 6.66. The molecule has 6 heteroatoms. The molecule has 4 aliphatic rings. The minimum Gasteiger partial charge on any atom is -0.871 e. The lowest BCUT2D eigenvalue weighted by Crippen LogP contribution is -2.36. The molecule has 2 heterocycles. The number of ketones is 2. The highest BCUT2D eigenvalue weighted by Crippen LogP contribution is 2.43. The second-order valence-corrected chi connectivity index (χ2v) is 12.0. The van der Waals surface area contributed by atoms with E-state index in [-0.39, 0.29) is 45.4 Å². The number of Topliss-reactive ketones (excluding diaryl/α,β-unsaturated/α-hetero) is 2. The average Bonchev–Trinajstić information content (AvgIpc) is 3.08. The second kappa shape index (κ2) is 11.9. The van der Waals surface area contributed by atoms with E-state index in [1.54, 1.807) is 24.3 Å². The van der Waals surface area contributed by atoms with Crippen molar-refractivity contribution in [3.05, 3.63) is 141 Å². The summed E-state index contributed by atoms with van der Waals surface area (Å²) in [6.07, 6.45) is 11.5. The smallest absolute Gasteiger partial charge is 0.194 e. The van der Waals surface area contributed by atoms with E-state index in [1.807, 2.05) is 72.8 Å². The van der Waals surface area contributed by atoms with E-state index in [4.69, 9.17) is 0 Å². The van der Waals surface area contributed by atoms with Crippen molar-refractivity contribution in [2.24, 2.45) is 0 Å². The molecule has 7 rings (SSSR count). The van der Waals surface area contributed by atoms with E-state index in [0.717, 1.165) is 48.2 Å². The maximum absolute atomic E-state index is 13.5. The monoisotopic (exact) mass is 606 g/mol. The van der Waals surface area contributed by atoms with E-state index in [0.29, 0.717) is 35.6 Å². The molecule has 0 aromatic heterocycles. The van der Waals surface area contributed by atoms with Gasteiger partial charge in [-0.15, -0.1) is 0 Å². The zero-order valence-corrected chi connectivity index (χ0v) is 26.0. The molecule has 0 saturated carbocycles. The first-order valence-corrected chi connectivity index (χ1v) is 16.1. The van der Waals surface area contributed by atoms with Crippen molar-refractivity contribution in [3.63, 3.8) is 0 Å². The summed E-state index contributed by atoms with van der Waals surface area (Å²) >= 11 is 0. The van der Waals surface area contributed by atoms with Gasteiger partial charge in [-0.25, -0.2) is 0 Å². The number of carbonyl (C=O) groups is 2. The van der Waals surface area contributed by atoms with E-state index < -0.39 is 0 Å². The fourth-order valence-electron chi connectivity index (χ4n) is 6.66. The highest BCUT2D eigenvalue weighted by Gasteiger charge is 2.36. The van der Waals surface area contributed by atoms with Gasteiger partial charge in [0.2, 0.25) is 0 Å². The summed E-state index contributed by atoms with van der Waals surface area (Å²) in [5, 5.41) is 27.0. The summed E-state index contributed by atoms with van der Waals surface area (Å²) < 4.78 is 0. The van der Waals surface area contributed by atoms with Crippen LogP contribution in [0.3, 0.4) is 0 Å². The molecule has 0 atom stereocenters. The lowest BCUT2D eigenvalue weighted by Gasteiger charge is -2.39.